The van der Waals surface area contributed by atoms with Crippen LogP contribution in [0.15, 0.2) is 84.9 Å². The van der Waals surface area contributed by atoms with Crippen LogP contribution in [0.5, 0.6) is 5.75 Å². The van der Waals surface area contributed by atoms with Crippen molar-refractivity contribution in [1.29, 1.82) is 0 Å². The first-order chi connectivity index (χ1) is 12.7. The second kappa shape index (κ2) is 8.97. The van der Waals surface area contributed by atoms with E-state index < -0.39 is 0 Å². The predicted octanol–water partition coefficient (Wildman–Crippen LogP) is 4.63. The lowest BCUT2D eigenvalue weighted by Crippen LogP contribution is -2.33. The summed E-state index contributed by atoms with van der Waals surface area (Å²) < 4.78 is 5.77. The summed E-state index contributed by atoms with van der Waals surface area (Å²) in [6.07, 6.45) is 0. The molecule has 1 unspecified atom stereocenters. The van der Waals surface area contributed by atoms with Crippen LogP contribution < -0.4 is 10.1 Å². The van der Waals surface area contributed by atoms with E-state index in [0.29, 0.717) is 18.7 Å². The van der Waals surface area contributed by atoms with Crippen molar-refractivity contribution in [1.82, 2.24) is 5.32 Å². The van der Waals surface area contributed by atoms with Gasteiger partial charge in [-0.3, -0.25) is 4.79 Å². The zero-order valence-electron chi connectivity index (χ0n) is 14.9. The van der Waals surface area contributed by atoms with Gasteiger partial charge in [-0.15, -0.1) is 0 Å². The molecule has 0 spiro atoms. The predicted molar refractivity (Wildman–Crippen MR) is 104 cm³/mol. The summed E-state index contributed by atoms with van der Waals surface area (Å²) in [5, 5.41) is 3.28. The topological polar surface area (TPSA) is 38.3 Å². The number of carbonyl (C=O) groups excluding carboxylic acids is 1. The van der Waals surface area contributed by atoms with Crippen molar-refractivity contribution >= 4 is 5.78 Å². The number of carbonyl (C=O) groups is 1. The molecule has 0 heterocycles. The molecule has 0 amide bonds. The van der Waals surface area contributed by atoms with Gasteiger partial charge in [-0.25, -0.2) is 0 Å². The molecule has 0 aliphatic heterocycles. The fraction of sp³-hybridized carbons (Fsp3) is 0.174. The highest BCUT2D eigenvalue weighted by Gasteiger charge is 2.14. The zero-order valence-corrected chi connectivity index (χ0v) is 14.9. The van der Waals surface area contributed by atoms with Crippen LogP contribution in [0.2, 0.25) is 0 Å². The highest BCUT2D eigenvalue weighted by Crippen LogP contribution is 2.15. The molecule has 132 valence electrons. The van der Waals surface area contributed by atoms with Gasteiger partial charge in [-0.2, -0.15) is 0 Å². The van der Waals surface area contributed by atoms with Crippen molar-refractivity contribution in [3.8, 4) is 5.75 Å². The van der Waals surface area contributed by atoms with Crippen molar-refractivity contribution in [2.75, 3.05) is 0 Å². The van der Waals surface area contributed by atoms with Crippen LogP contribution in [0.1, 0.15) is 28.4 Å². The molecular formula is C23H23NO2. The van der Waals surface area contributed by atoms with Gasteiger partial charge in [0.05, 0.1) is 6.04 Å². The summed E-state index contributed by atoms with van der Waals surface area (Å²) >= 11 is 0. The van der Waals surface area contributed by atoms with Crippen LogP contribution in [0.25, 0.3) is 0 Å². The monoisotopic (exact) mass is 345 g/mol. The van der Waals surface area contributed by atoms with Crippen molar-refractivity contribution in [2.45, 2.75) is 26.1 Å². The lowest BCUT2D eigenvalue weighted by Gasteiger charge is -2.13. The second-order valence-corrected chi connectivity index (χ2v) is 6.25. The molecule has 0 aromatic heterocycles. The van der Waals surface area contributed by atoms with E-state index in [1.54, 1.807) is 0 Å². The first-order valence-electron chi connectivity index (χ1n) is 8.81. The second-order valence-electron chi connectivity index (χ2n) is 6.25. The number of ketones is 1. The minimum Gasteiger partial charge on any atom is -0.489 e. The molecule has 26 heavy (non-hydrogen) atoms. The first kappa shape index (κ1) is 17.9. The Hall–Kier alpha value is -2.91. The molecule has 3 aromatic carbocycles. The van der Waals surface area contributed by atoms with Gasteiger partial charge in [0.1, 0.15) is 12.4 Å². The standard InChI is InChI=1S/C23H23NO2/c1-18(24-16-19-8-4-2-5-9-19)23(25)21-12-14-22(15-13-21)26-17-20-10-6-3-7-11-20/h2-15,18,24H,16-17H2,1H3. The number of Topliss-reactive ketones (excluding diaryl/α,β-unsaturated/α-hetero) is 1. The van der Waals surface area contributed by atoms with E-state index in [0.717, 1.165) is 16.9 Å². The summed E-state index contributed by atoms with van der Waals surface area (Å²) in [5.41, 5.74) is 2.97. The maximum Gasteiger partial charge on any atom is 0.179 e. The van der Waals surface area contributed by atoms with Crippen molar-refractivity contribution < 1.29 is 9.53 Å². The Morgan fingerprint density at radius 1 is 0.846 bits per heavy atom. The van der Waals surface area contributed by atoms with Gasteiger partial charge < -0.3 is 10.1 Å². The molecule has 0 saturated heterocycles. The molecule has 1 N–H and O–H groups in total. The van der Waals surface area contributed by atoms with Gasteiger partial charge in [-0.1, -0.05) is 60.7 Å². The fourth-order valence-electron chi connectivity index (χ4n) is 2.67. The zero-order chi connectivity index (χ0) is 18.2. The van der Waals surface area contributed by atoms with Crippen molar-refractivity contribution in [3.05, 3.63) is 102 Å². The van der Waals surface area contributed by atoms with Gasteiger partial charge >= 0.3 is 0 Å². The van der Waals surface area contributed by atoms with E-state index in [2.05, 4.69) is 5.32 Å². The first-order valence-corrected chi connectivity index (χ1v) is 8.81. The summed E-state index contributed by atoms with van der Waals surface area (Å²) in [5.74, 6) is 0.839. The Kier molecular flexibility index (Phi) is 6.18. The molecule has 0 radical (unpaired) electrons. The third-order valence-corrected chi connectivity index (χ3v) is 4.24. The summed E-state index contributed by atoms with van der Waals surface area (Å²) in [4.78, 5) is 12.6. The average Bonchev–Trinajstić information content (AvgIpc) is 2.72. The van der Waals surface area contributed by atoms with Crippen LogP contribution in [0.3, 0.4) is 0 Å². The molecule has 3 heteroatoms. The molecule has 3 rings (SSSR count). The molecule has 3 nitrogen and oxygen atoms in total. The van der Waals surface area contributed by atoms with E-state index in [9.17, 15) is 4.79 Å². The number of benzene rings is 3. The van der Waals surface area contributed by atoms with E-state index in [1.807, 2.05) is 91.9 Å². The lowest BCUT2D eigenvalue weighted by molar-refractivity contribution is 0.0950. The third-order valence-electron chi connectivity index (χ3n) is 4.24. The average molecular weight is 345 g/mol. The normalized spacial score (nSPS) is 11.7. The molecule has 0 fully saturated rings. The Morgan fingerprint density at radius 3 is 2.04 bits per heavy atom. The minimum absolute atomic E-state index is 0.0792. The molecule has 0 saturated carbocycles. The number of ether oxygens (including phenoxy) is 1. The molecule has 0 aliphatic rings. The van der Waals surface area contributed by atoms with Gasteiger partial charge in [0.25, 0.3) is 0 Å². The summed E-state index contributed by atoms with van der Waals surface area (Å²) in [6.45, 7) is 3.08. The third kappa shape index (κ3) is 5.04. The maximum atomic E-state index is 12.6. The lowest BCUT2D eigenvalue weighted by atomic mass is 10.0. The molecule has 3 aromatic rings. The summed E-state index contributed by atoms with van der Waals surface area (Å²) in [7, 11) is 0. The molecule has 0 aliphatic carbocycles. The van der Waals surface area contributed by atoms with E-state index in [4.69, 9.17) is 4.74 Å². The number of hydrogen-bond acceptors (Lipinski definition) is 3. The summed E-state index contributed by atoms with van der Waals surface area (Å²) in [6, 6.07) is 27.2. The van der Waals surface area contributed by atoms with Crippen molar-refractivity contribution in [2.24, 2.45) is 0 Å². The highest BCUT2D eigenvalue weighted by atomic mass is 16.5. The number of nitrogens with one attached hydrogen (secondary N) is 1. The van der Waals surface area contributed by atoms with E-state index >= 15 is 0 Å². The Labute approximate surface area is 154 Å². The molecular weight excluding hydrogens is 322 g/mol. The Bertz CT molecular complexity index is 814. The van der Waals surface area contributed by atoms with Gasteiger partial charge in [-0.05, 0) is 42.3 Å². The van der Waals surface area contributed by atoms with Crippen LogP contribution in [0, 0.1) is 0 Å². The van der Waals surface area contributed by atoms with Crippen molar-refractivity contribution in [3.63, 3.8) is 0 Å². The van der Waals surface area contributed by atoms with E-state index in [-0.39, 0.29) is 11.8 Å². The number of rotatable bonds is 8. The van der Waals surface area contributed by atoms with Crippen LogP contribution in [0.4, 0.5) is 0 Å². The van der Waals surface area contributed by atoms with Crippen LogP contribution in [-0.2, 0) is 13.2 Å². The highest BCUT2D eigenvalue weighted by molar-refractivity contribution is 5.99. The largest absolute Gasteiger partial charge is 0.489 e. The van der Waals surface area contributed by atoms with E-state index in [1.165, 1.54) is 0 Å². The number of hydrogen-bond donors (Lipinski definition) is 1. The van der Waals surface area contributed by atoms with Gasteiger partial charge in [0, 0.05) is 12.1 Å². The smallest absolute Gasteiger partial charge is 0.179 e. The molecule has 0 bridgehead atoms. The fourth-order valence-corrected chi connectivity index (χ4v) is 2.67. The van der Waals surface area contributed by atoms with Gasteiger partial charge in [0.2, 0.25) is 0 Å². The van der Waals surface area contributed by atoms with Gasteiger partial charge in [0.15, 0.2) is 5.78 Å². The minimum atomic E-state index is -0.244. The Morgan fingerprint density at radius 2 is 1.42 bits per heavy atom. The maximum absolute atomic E-state index is 12.6. The van der Waals surface area contributed by atoms with Crippen LogP contribution >= 0.6 is 0 Å². The SMILES string of the molecule is CC(NCc1ccccc1)C(=O)c1ccc(OCc2ccccc2)cc1. The molecule has 1 atom stereocenters. The quantitative estimate of drug-likeness (QED) is 0.605. The van der Waals surface area contributed by atoms with Crippen LogP contribution in [-0.4, -0.2) is 11.8 Å². The Balaban J connectivity index is 1.52.